The second-order valence-electron chi connectivity index (χ2n) is 4.82. The number of ether oxygens (including phenoxy) is 1. The van der Waals surface area contributed by atoms with Crippen LogP contribution in [0.4, 0.5) is 5.13 Å². The summed E-state index contributed by atoms with van der Waals surface area (Å²) < 4.78 is 6.42. The summed E-state index contributed by atoms with van der Waals surface area (Å²) in [5.74, 6) is 0.843. The third-order valence-electron chi connectivity index (χ3n) is 3.34. The van der Waals surface area contributed by atoms with Crippen LogP contribution in [-0.4, -0.2) is 30.7 Å². The summed E-state index contributed by atoms with van der Waals surface area (Å²) in [6.07, 6.45) is 2.75. The van der Waals surface area contributed by atoms with Crippen molar-refractivity contribution in [1.29, 1.82) is 0 Å². The average molecular weight is 299 g/mol. The van der Waals surface area contributed by atoms with Gasteiger partial charge in [-0.2, -0.15) is 0 Å². The lowest BCUT2D eigenvalue weighted by atomic mass is 10.2. The van der Waals surface area contributed by atoms with E-state index in [1.54, 1.807) is 18.4 Å². The number of likely N-dealkylation sites (N-methyl/N-ethyl adjacent to an activating group) is 1. The fourth-order valence-corrected chi connectivity index (χ4v) is 3.04. The van der Waals surface area contributed by atoms with E-state index >= 15 is 0 Å². The molecule has 0 aliphatic heterocycles. The van der Waals surface area contributed by atoms with E-state index in [4.69, 9.17) is 4.74 Å². The molecule has 0 radical (unpaired) electrons. The van der Waals surface area contributed by atoms with E-state index in [1.165, 1.54) is 4.70 Å². The van der Waals surface area contributed by atoms with Crippen LogP contribution in [-0.2, 0) is 6.42 Å². The van der Waals surface area contributed by atoms with Gasteiger partial charge in [0.1, 0.15) is 5.75 Å². The zero-order valence-electron chi connectivity index (χ0n) is 12.1. The van der Waals surface area contributed by atoms with Gasteiger partial charge in [-0.3, -0.25) is 4.98 Å². The minimum absolute atomic E-state index is 0.843. The van der Waals surface area contributed by atoms with Gasteiger partial charge in [0.05, 0.1) is 17.3 Å². The van der Waals surface area contributed by atoms with Gasteiger partial charge in [-0.15, -0.1) is 0 Å². The standard InChI is InChI=1S/C16H17N3OS/c1-19(10-8-12-5-3-4-9-17-12)16-18-14-11-13(20-2)6-7-15(14)21-16/h3-7,9,11H,8,10H2,1-2H3. The summed E-state index contributed by atoms with van der Waals surface area (Å²) in [6.45, 7) is 0.897. The molecule has 0 fully saturated rings. The molecule has 2 aromatic heterocycles. The van der Waals surface area contributed by atoms with E-state index in [0.717, 1.165) is 35.1 Å². The quantitative estimate of drug-likeness (QED) is 0.724. The summed E-state index contributed by atoms with van der Waals surface area (Å²) in [4.78, 5) is 11.2. The van der Waals surface area contributed by atoms with Crippen LogP contribution in [0.3, 0.4) is 0 Å². The molecule has 0 atom stereocenters. The minimum atomic E-state index is 0.843. The monoisotopic (exact) mass is 299 g/mol. The highest BCUT2D eigenvalue weighted by molar-refractivity contribution is 7.22. The molecule has 0 unspecified atom stereocenters. The second kappa shape index (κ2) is 6.10. The maximum atomic E-state index is 5.24. The third-order valence-corrected chi connectivity index (χ3v) is 4.49. The van der Waals surface area contributed by atoms with Crippen molar-refractivity contribution in [3.05, 3.63) is 48.3 Å². The highest BCUT2D eigenvalue weighted by Crippen LogP contribution is 2.30. The molecule has 0 N–H and O–H groups in total. The molecule has 0 bridgehead atoms. The third kappa shape index (κ3) is 3.13. The maximum absolute atomic E-state index is 5.24. The van der Waals surface area contributed by atoms with Gasteiger partial charge >= 0.3 is 0 Å². The fraction of sp³-hybridized carbons (Fsp3) is 0.250. The van der Waals surface area contributed by atoms with E-state index < -0.39 is 0 Å². The summed E-state index contributed by atoms with van der Waals surface area (Å²) in [5.41, 5.74) is 2.09. The molecule has 0 aliphatic carbocycles. The molecule has 2 heterocycles. The van der Waals surface area contributed by atoms with Crippen LogP contribution in [0.1, 0.15) is 5.69 Å². The number of hydrogen-bond acceptors (Lipinski definition) is 5. The molecule has 3 aromatic rings. The smallest absolute Gasteiger partial charge is 0.186 e. The Morgan fingerprint density at radius 3 is 2.90 bits per heavy atom. The highest BCUT2D eigenvalue weighted by Gasteiger charge is 2.09. The molecule has 0 amide bonds. The SMILES string of the molecule is COc1ccc2sc(N(C)CCc3ccccn3)nc2c1. The van der Waals surface area contributed by atoms with Gasteiger partial charge < -0.3 is 9.64 Å². The number of aromatic nitrogens is 2. The van der Waals surface area contributed by atoms with E-state index in [9.17, 15) is 0 Å². The number of benzene rings is 1. The number of nitrogens with zero attached hydrogens (tertiary/aromatic N) is 3. The molecule has 21 heavy (non-hydrogen) atoms. The summed E-state index contributed by atoms with van der Waals surface area (Å²) in [7, 11) is 3.74. The Hall–Kier alpha value is -2.14. The lowest BCUT2D eigenvalue weighted by molar-refractivity contribution is 0.415. The fourth-order valence-electron chi connectivity index (χ4n) is 2.11. The van der Waals surface area contributed by atoms with Crippen molar-refractivity contribution in [2.45, 2.75) is 6.42 Å². The van der Waals surface area contributed by atoms with Crippen molar-refractivity contribution in [3.8, 4) is 5.75 Å². The predicted octanol–water partition coefficient (Wildman–Crippen LogP) is 3.38. The Morgan fingerprint density at radius 2 is 2.14 bits per heavy atom. The number of rotatable bonds is 5. The predicted molar refractivity (Wildman–Crippen MR) is 87.4 cm³/mol. The van der Waals surface area contributed by atoms with Crippen molar-refractivity contribution in [2.24, 2.45) is 0 Å². The molecule has 0 aliphatic rings. The van der Waals surface area contributed by atoms with E-state index in [1.807, 2.05) is 30.5 Å². The topological polar surface area (TPSA) is 38.2 Å². The molecule has 0 saturated heterocycles. The number of hydrogen-bond donors (Lipinski definition) is 0. The first-order valence-electron chi connectivity index (χ1n) is 6.82. The molecular weight excluding hydrogens is 282 g/mol. The lowest BCUT2D eigenvalue weighted by Crippen LogP contribution is -2.20. The van der Waals surface area contributed by atoms with Crippen LogP contribution < -0.4 is 9.64 Å². The van der Waals surface area contributed by atoms with Gasteiger partial charge in [-0.1, -0.05) is 17.4 Å². The number of fused-ring (bicyclic) bond motifs is 1. The van der Waals surface area contributed by atoms with Crippen molar-refractivity contribution in [3.63, 3.8) is 0 Å². The number of anilines is 1. The molecule has 0 spiro atoms. The van der Waals surface area contributed by atoms with E-state index in [2.05, 4.69) is 34.0 Å². The van der Waals surface area contributed by atoms with Crippen LogP contribution in [0.25, 0.3) is 10.2 Å². The first kappa shape index (κ1) is 13.8. The van der Waals surface area contributed by atoms with Crippen LogP contribution >= 0.6 is 11.3 Å². The second-order valence-corrected chi connectivity index (χ2v) is 5.83. The largest absolute Gasteiger partial charge is 0.497 e. The summed E-state index contributed by atoms with van der Waals surface area (Å²) in [6, 6.07) is 12.0. The van der Waals surface area contributed by atoms with Gasteiger partial charge in [-0.25, -0.2) is 4.98 Å². The van der Waals surface area contributed by atoms with Gasteiger partial charge in [0.15, 0.2) is 5.13 Å². The van der Waals surface area contributed by atoms with Crippen LogP contribution in [0, 0.1) is 0 Å². The average Bonchev–Trinajstić information content (AvgIpc) is 2.96. The minimum Gasteiger partial charge on any atom is -0.497 e. The zero-order valence-corrected chi connectivity index (χ0v) is 12.9. The van der Waals surface area contributed by atoms with Gasteiger partial charge in [-0.05, 0) is 24.3 Å². The zero-order chi connectivity index (χ0) is 14.7. The van der Waals surface area contributed by atoms with E-state index in [-0.39, 0.29) is 0 Å². The van der Waals surface area contributed by atoms with Crippen LogP contribution in [0.2, 0.25) is 0 Å². The van der Waals surface area contributed by atoms with E-state index in [0.29, 0.717) is 0 Å². The molecule has 5 heteroatoms. The summed E-state index contributed by atoms with van der Waals surface area (Å²) >= 11 is 1.70. The number of thiazole rings is 1. The van der Waals surface area contributed by atoms with Crippen molar-refractivity contribution in [1.82, 2.24) is 9.97 Å². The van der Waals surface area contributed by atoms with Gasteiger partial charge in [0.25, 0.3) is 0 Å². The molecule has 4 nitrogen and oxygen atoms in total. The summed E-state index contributed by atoms with van der Waals surface area (Å²) in [5, 5.41) is 1.02. The van der Waals surface area contributed by atoms with Crippen molar-refractivity contribution < 1.29 is 4.74 Å². The number of pyridine rings is 1. The van der Waals surface area contributed by atoms with Crippen LogP contribution in [0.5, 0.6) is 5.75 Å². The Labute approximate surface area is 128 Å². The van der Waals surface area contributed by atoms with Crippen molar-refractivity contribution in [2.75, 3.05) is 25.6 Å². The highest BCUT2D eigenvalue weighted by atomic mass is 32.1. The molecule has 0 saturated carbocycles. The Morgan fingerprint density at radius 1 is 1.24 bits per heavy atom. The molecule has 1 aromatic carbocycles. The normalized spacial score (nSPS) is 10.8. The van der Waals surface area contributed by atoms with Gasteiger partial charge in [0, 0.05) is 38.0 Å². The molecule has 3 rings (SSSR count). The van der Waals surface area contributed by atoms with Crippen LogP contribution in [0.15, 0.2) is 42.6 Å². The Kier molecular flexibility index (Phi) is 4.01. The Bertz CT molecular complexity index is 727. The number of methoxy groups -OCH3 is 1. The molecular formula is C16H17N3OS. The Balaban J connectivity index is 1.73. The van der Waals surface area contributed by atoms with Gasteiger partial charge in [0.2, 0.25) is 0 Å². The first-order chi connectivity index (χ1) is 10.3. The maximum Gasteiger partial charge on any atom is 0.186 e. The lowest BCUT2D eigenvalue weighted by Gasteiger charge is -2.14. The van der Waals surface area contributed by atoms with Crippen molar-refractivity contribution >= 4 is 26.7 Å². The first-order valence-corrected chi connectivity index (χ1v) is 7.63. The molecule has 108 valence electrons.